The van der Waals surface area contributed by atoms with Gasteiger partial charge in [0.15, 0.2) is 0 Å². The van der Waals surface area contributed by atoms with E-state index in [9.17, 15) is 0 Å². The van der Waals surface area contributed by atoms with Crippen molar-refractivity contribution in [2.24, 2.45) is 0 Å². The molecule has 2 heteroatoms. The fourth-order valence-electron chi connectivity index (χ4n) is 1.77. The Bertz CT molecular complexity index is 309. The fraction of sp³-hybridized carbons (Fsp3) is 0.538. The van der Waals surface area contributed by atoms with Crippen molar-refractivity contribution in [2.75, 3.05) is 24.6 Å². The van der Waals surface area contributed by atoms with E-state index < -0.39 is 0 Å². The van der Waals surface area contributed by atoms with E-state index in [1.54, 1.807) is 0 Å². The van der Waals surface area contributed by atoms with Crippen LogP contribution in [0.5, 0.6) is 0 Å². The highest BCUT2D eigenvalue weighted by Crippen LogP contribution is 2.21. The number of nitrogens with zero attached hydrogens (tertiary/aromatic N) is 1. The van der Waals surface area contributed by atoms with E-state index in [2.05, 4.69) is 43.9 Å². The average molecular weight is 207 g/mol. The van der Waals surface area contributed by atoms with E-state index in [0.717, 1.165) is 19.5 Å². The van der Waals surface area contributed by atoms with E-state index in [0.29, 0.717) is 0 Å². The Hall–Kier alpha value is -1.02. The summed E-state index contributed by atoms with van der Waals surface area (Å²) in [7, 11) is 0. The number of aliphatic hydroxyl groups is 1. The quantitative estimate of drug-likeness (QED) is 0.802. The van der Waals surface area contributed by atoms with Crippen molar-refractivity contribution in [1.82, 2.24) is 0 Å². The summed E-state index contributed by atoms with van der Waals surface area (Å²) in [5.74, 6) is 0. The minimum absolute atomic E-state index is 0.265. The first-order valence-electron chi connectivity index (χ1n) is 5.62. The molecule has 0 bridgehead atoms. The van der Waals surface area contributed by atoms with Gasteiger partial charge in [0, 0.05) is 25.4 Å². The lowest BCUT2D eigenvalue weighted by Gasteiger charge is -2.25. The number of aryl methyl sites for hydroxylation is 2. The lowest BCUT2D eigenvalue weighted by molar-refractivity contribution is 0.289. The van der Waals surface area contributed by atoms with Gasteiger partial charge in [-0.15, -0.1) is 0 Å². The molecule has 2 nitrogen and oxygen atoms in total. The average Bonchev–Trinajstić information content (AvgIpc) is 2.24. The second-order valence-electron chi connectivity index (χ2n) is 3.95. The number of anilines is 1. The minimum atomic E-state index is 0.265. The summed E-state index contributed by atoms with van der Waals surface area (Å²) < 4.78 is 0. The van der Waals surface area contributed by atoms with Crippen molar-refractivity contribution in [3.63, 3.8) is 0 Å². The van der Waals surface area contributed by atoms with Crippen LogP contribution in [0.4, 0.5) is 5.69 Å². The Morgan fingerprint density at radius 1 is 1.27 bits per heavy atom. The van der Waals surface area contributed by atoms with Crippen LogP contribution in [0, 0.1) is 13.8 Å². The number of rotatable bonds is 5. The molecule has 1 rings (SSSR count). The van der Waals surface area contributed by atoms with E-state index in [1.165, 1.54) is 16.8 Å². The third-order valence-corrected chi connectivity index (χ3v) is 2.67. The standard InChI is InChI=1S/C13H21NO/c1-4-14(8-5-9-15)13-10-11(2)6-7-12(13)3/h6-7,10,15H,4-5,8-9H2,1-3H3. The molecule has 0 radical (unpaired) electrons. The molecule has 1 aromatic carbocycles. The van der Waals surface area contributed by atoms with E-state index >= 15 is 0 Å². The lowest BCUT2D eigenvalue weighted by atomic mass is 10.1. The van der Waals surface area contributed by atoms with E-state index in [-0.39, 0.29) is 6.61 Å². The highest BCUT2D eigenvalue weighted by molar-refractivity contribution is 5.54. The highest BCUT2D eigenvalue weighted by Gasteiger charge is 2.06. The Labute approximate surface area is 92.5 Å². The third-order valence-electron chi connectivity index (χ3n) is 2.67. The summed E-state index contributed by atoms with van der Waals surface area (Å²) in [6.45, 7) is 8.58. The molecular formula is C13H21NO. The number of benzene rings is 1. The maximum absolute atomic E-state index is 8.85. The topological polar surface area (TPSA) is 23.5 Å². The van der Waals surface area contributed by atoms with Gasteiger partial charge in [-0.2, -0.15) is 0 Å². The van der Waals surface area contributed by atoms with Crippen molar-refractivity contribution in [3.8, 4) is 0 Å². The molecule has 0 aliphatic rings. The normalized spacial score (nSPS) is 10.4. The van der Waals surface area contributed by atoms with Gasteiger partial charge in [-0.1, -0.05) is 12.1 Å². The van der Waals surface area contributed by atoms with Gasteiger partial charge in [0.05, 0.1) is 0 Å². The number of aliphatic hydroxyl groups excluding tert-OH is 1. The van der Waals surface area contributed by atoms with Gasteiger partial charge < -0.3 is 10.0 Å². The van der Waals surface area contributed by atoms with Gasteiger partial charge >= 0.3 is 0 Å². The van der Waals surface area contributed by atoms with Crippen LogP contribution in [-0.2, 0) is 0 Å². The number of hydrogen-bond acceptors (Lipinski definition) is 2. The zero-order chi connectivity index (χ0) is 11.3. The Balaban J connectivity index is 2.85. The van der Waals surface area contributed by atoms with Crippen molar-refractivity contribution < 1.29 is 5.11 Å². The summed E-state index contributed by atoms with van der Waals surface area (Å²) in [6.07, 6.45) is 0.835. The molecule has 1 N–H and O–H groups in total. The van der Waals surface area contributed by atoms with Crippen LogP contribution in [0.25, 0.3) is 0 Å². The molecule has 0 saturated carbocycles. The van der Waals surface area contributed by atoms with Crippen LogP contribution in [0.2, 0.25) is 0 Å². The second-order valence-corrected chi connectivity index (χ2v) is 3.95. The van der Waals surface area contributed by atoms with Crippen LogP contribution >= 0.6 is 0 Å². The van der Waals surface area contributed by atoms with Gasteiger partial charge in [-0.3, -0.25) is 0 Å². The molecule has 0 atom stereocenters. The minimum Gasteiger partial charge on any atom is -0.396 e. The Kier molecular flexibility index (Phi) is 4.63. The van der Waals surface area contributed by atoms with Crippen molar-refractivity contribution >= 4 is 5.69 Å². The van der Waals surface area contributed by atoms with Gasteiger partial charge in [-0.25, -0.2) is 0 Å². The second kappa shape index (κ2) is 5.76. The Morgan fingerprint density at radius 2 is 2.00 bits per heavy atom. The van der Waals surface area contributed by atoms with Crippen LogP contribution in [-0.4, -0.2) is 24.8 Å². The molecule has 0 aliphatic heterocycles. The first kappa shape index (κ1) is 12.1. The zero-order valence-electron chi connectivity index (χ0n) is 9.95. The molecule has 0 amide bonds. The summed E-state index contributed by atoms with van der Waals surface area (Å²) >= 11 is 0. The van der Waals surface area contributed by atoms with Gasteiger partial charge in [0.25, 0.3) is 0 Å². The van der Waals surface area contributed by atoms with Crippen molar-refractivity contribution in [2.45, 2.75) is 27.2 Å². The maximum Gasteiger partial charge on any atom is 0.0447 e. The summed E-state index contributed by atoms with van der Waals surface area (Å²) in [4.78, 5) is 2.32. The molecule has 84 valence electrons. The van der Waals surface area contributed by atoms with Crippen LogP contribution in [0.3, 0.4) is 0 Å². The molecule has 0 unspecified atom stereocenters. The zero-order valence-corrected chi connectivity index (χ0v) is 9.95. The van der Waals surface area contributed by atoms with Crippen LogP contribution in [0.15, 0.2) is 18.2 Å². The molecule has 0 aliphatic carbocycles. The molecule has 1 aromatic rings. The smallest absolute Gasteiger partial charge is 0.0447 e. The lowest BCUT2D eigenvalue weighted by Crippen LogP contribution is -2.25. The fourth-order valence-corrected chi connectivity index (χ4v) is 1.77. The van der Waals surface area contributed by atoms with E-state index in [4.69, 9.17) is 5.11 Å². The summed E-state index contributed by atoms with van der Waals surface area (Å²) in [6, 6.07) is 6.52. The van der Waals surface area contributed by atoms with E-state index in [1.807, 2.05) is 0 Å². The largest absolute Gasteiger partial charge is 0.396 e. The SMILES string of the molecule is CCN(CCCO)c1cc(C)ccc1C. The molecule has 0 saturated heterocycles. The van der Waals surface area contributed by atoms with Gasteiger partial charge in [-0.05, 0) is 44.4 Å². The van der Waals surface area contributed by atoms with Crippen LogP contribution in [0.1, 0.15) is 24.5 Å². The molecule has 0 fully saturated rings. The molecule has 0 aromatic heterocycles. The third kappa shape index (κ3) is 3.24. The monoisotopic (exact) mass is 207 g/mol. The summed E-state index contributed by atoms with van der Waals surface area (Å²) in [5.41, 5.74) is 3.89. The molecule has 0 heterocycles. The molecular weight excluding hydrogens is 186 g/mol. The van der Waals surface area contributed by atoms with Gasteiger partial charge in [0.1, 0.15) is 0 Å². The predicted molar refractivity (Wildman–Crippen MR) is 65.5 cm³/mol. The van der Waals surface area contributed by atoms with Crippen LogP contribution < -0.4 is 4.90 Å². The summed E-state index contributed by atoms with van der Waals surface area (Å²) in [5, 5.41) is 8.85. The molecule has 0 spiro atoms. The first-order valence-corrected chi connectivity index (χ1v) is 5.62. The Morgan fingerprint density at radius 3 is 2.60 bits per heavy atom. The van der Waals surface area contributed by atoms with Gasteiger partial charge in [0.2, 0.25) is 0 Å². The number of hydrogen-bond donors (Lipinski definition) is 1. The van der Waals surface area contributed by atoms with Crippen molar-refractivity contribution in [3.05, 3.63) is 29.3 Å². The first-order chi connectivity index (χ1) is 7.19. The molecule has 15 heavy (non-hydrogen) atoms. The van der Waals surface area contributed by atoms with Crippen molar-refractivity contribution in [1.29, 1.82) is 0 Å². The maximum atomic E-state index is 8.85. The highest BCUT2D eigenvalue weighted by atomic mass is 16.3. The predicted octanol–water partition coefficient (Wildman–Crippen LogP) is 2.51.